The van der Waals surface area contributed by atoms with Crippen LogP contribution in [0.2, 0.25) is 0 Å². The van der Waals surface area contributed by atoms with Gasteiger partial charge in [0, 0.05) is 13.2 Å². The van der Waals surface area contributed by atoms with Gasteiger partial charge >= 0.3 is 0 Å². The number of nitrogens with zero attached hydrogens (tertiary/aromatic N) is 1. The highest BCUT2D eigenvalue weighted by Crippen LogP contribution is 2.15. The van der Waals surface area contributed by atoms with Gasteiger partial charge in [0.05, 0.1) is 12.2 Å². The number of nitriles is 1. The first-order valence-electron chi connectivity index (χ1n) is 8.12. The average molecular weight is 346 g/mol. The van der Waals surface area contributed by atoms with E-state index in [0.717, 1.165) is 0 Å². The maximum atomic E-state index is 12.9. The molecule has 0 saturated heterocycles. The van der Waals surface area contributed by atoms with Gasteiger partial charge < -0.3 is 10.1 Å². The standard InChI is InChI=1S/C19H23FN2O3/c1-13(2)25-10-4-9-22-19(24)17(12-21)18(23)11-14(3)15-5-7-16(20)8-6-15/h5-8,11,13,17H,4,9-10H2,1-3H3,(H,22,24)/b14-11+. The van der Waals surface area contributed by atoms with Gasteiger partial charge in [-0.05, 0) is 56.5 Å². The predicted molar refractivity (Wildman–Crippen MR) is 92.9 cm³/mol. The molecule has 0 radical (unpaired) electrons. The lowest BCUT2D eigenvalue weighted by atomic mass is 9.99. The van der Waals surface area contributed by atoms with Crippen LogP contribution < -0.4 is 5.32 Å². The molecule has 1 amide bonds. The molecule has 1 unspecified atom stereocenters. The van der Waals surface area contributed by atoms with E-state index in [1.54, 1.807) is 13.0 Å². The lowest BCUT2D eigenvalue weighted by molar-refractivity contribution is -0.129. The van der Waals surface area contributed by atoms with Crippen molar-refractivity contribution in [2.24, 2.45) is 5.92 Å². The van der Waals surface area contributed by atoms with E-state index in [0.29, 0.717) is 30.7 Å². The second-order valence-electron chi connectivity index (χ2n) is 5.86. The zero-order chi connectivity index (χ0) is 18.8. The number of hydrogen-bond donors (Lipinski definition) is 1. The summed E-state index contributed by atoms with van der Waals surface area (Å²) < 4.78 is 18.3. The Morgan fingerprint density at radius 1 is 1.32 bits per heavy atom. The van der Waals surface area contributed by atoms with Crippen molar-refractivity contribution in [1.82, 2.24) is 5.32 Å². The molecule has 0 aliphatic heterocycles. The molecule has 0 saturated carbocycles. The maximum absolute atomic E-state index is 12.9. The first-order chi connectivity index (χ1) is 11.8. The van der Waals surface area contributed by atoms with Crippen LogP contribution in [0.1, 0.15) is 32.8 Å². The number of ether oxygens (including phenoxy) is 1. The number of benzene rings is 1. The fourth-order valence-electron chi connectivity index (χ4n) is 2.05. The smallest absolute Gasteiger partial charge is 0.245 e. The summed E-state index contributed by atoms with van der Waals surface area (Å²) in [6.07, 6.45) is 1.95. The van der Waals surface area contributed by atoms with Crippen LogP contribution in [0.5, 0.6) is 0 Å². The lowest BCUT2D eigenvalue weighted by Crippen LogP contribution is -2.35. The van der Waals surface area contributed by atoms with E-state index in [4.69, 9.17) is 10.00 Å². The number of nitrogens with one attached hydrogen (secondary N) is 1. The maximum Gasteiger partial charge on any atom is 0.245 e. The summed E-state index contributed by atoms with van der Waals surface area (Å²) in [5.74, 6) is -3.00. The highest BCUT2D eigenvalue weighted by Gasteiger charge is 2.24. The summed E-state index contributed by atoms with van der Waals surface area (Å²) in [4.78, 5) is 24.2. The third kappa shape index (κ3) is 7.27. The monoisotopic (exact) mass is 346 g/mol. The van der Waals surface area contributed by atoms with Crippen LogP contribution in [-0.4, -0.2) is 30.9 Å². The SMILES string of the molecule is C/C(=C\C(=O)C(C#N)C(=O)NCCCOC(C)C)c1ccc(F)cc1. The Morgan fingerprint density at radius 2 is 1.96 bits per heavy atom. The van der Waals surface area contributed by atoms with Gasteiger partial charge in [0.1, 0.15) is 5.82 Å². The normalized spacial score (nSPS) is 12.6. The molecule has 5 nitrogen and oxygen atoms in total. The number of allylic oxidation sites excluding steroid dienone is 2. The molecule has 0 aliphatic carbocycles. The van der Waals surface area contributed by atoms with E-state index in [1.807, 2.05) is 13.8 Å². The highest BCUT2D eigenvalue weighted by atomic mass is 19.1. The van der Waals surface area contributed by atoms with Crippen LogP contribution in [0.25, 0.3) is 5.57 Å². The molecular formula is C19H23FN2O3. The van der Waals surface area contributed by atoms with E-state index in [2.05, 4.69) is 5.32 Å². The van der Waals surface area contributed by atoms with E-state index >= 15 is 0 Å². The molecule has 0 bridgehead atoms. The molecule has 0 heterocycles. The molecule has 0 aliphatic rings. The van der Waals surface area contributed by atoms with Crippen LogP contribution >= 0.6 is 0 Å². The second kappa shape index (κ2) is 10.4. The Balaban J connectivity index is 2.61. The first kappa shape index (κ1) is 20.5. The predicted octanol–water partition coefficient (Wildman–Crippen LogP) is 2.87. The Morgan fingerprint density at radius 3 is 2.52 bits per heavy atom. The van der Waals surface area contributed by atoms with E-state index in [-0.39, 0.29) is 11.9 Å². The quantitative estimate of drug-likeness (QED) is 0.424. The van der Waals surface area contributed by atoms with Gasteiger partial charge in [0.15, 0.2) is 11.7 Å². The van der Waals surface area contributed by atoms with Crippen LogP contribution in [0.3, 0.4) is 0 Å². The van der Waals surface area contributed by atoms with Crippen molar-refractivity contribution >= 4 is 17.3 Å². The summed E-state index contributed by atoms with van der Waals surface area (Å²) in [5, 5.41) is 11.7. The molecule has 1 aromatic rings. The van der Waals surface area contributed by atoms with Crippen molar-refractivity contribution in [3.05, 3.63) is 41.7 Å². The summed E-state index contributed by atoms with van der Waals surface area (Å²) in [6.45, 7) is 6.32. The van der Waals surface area contributed by atoms with Gasteiger partial charge in [0.25, 0.3) is 0 Å². The number of halogens is 1. The molecule has 134 valence electrons. The topological polar surface area (TPSA) is 79.2 Å². The van der Waals surface area contributed by atoms with Crippen LogP contribution in [0, 0.1) is 23.1 Å². The van der Waals surface area contributed by atoms with Crippen molar-refractivity contribution in [3.63, 3.8) is 0 Å². The minimum atomic E-state index is -1.40. The first-order valence-corrected chi connectivity index (χ1v) is 8.12. The van der Waals surface area contributed by atoms with Gasteiger partial charge in [-0.1, -0.05) is 12.1 Å². The third-order valence-corrected chi connectivity index (χ3v) is 3.41. The van der Waals surface area contributed by atoms with Gasteiger partial charge in [-0.3, -0.25) is 9.59 Å². The fraction of sp³-hybridized carbons (Fsp3) is 0.421. The molecule has 0 fully saturated rings. The van der Waals surface area contributed by atoms with E-state index < -0.39 is 17.6 Å². The Kier molecular flexibility index (Phi) is 8.51. The minimum absolute atomic E-state index is 0.115. The largest absolute Gasteiger partial charge is 0.379 e. The van der Waals surface area contributed by atoms with Crippen molar-refractivity contribution in [3.8, 4) is 6.07 Å². The van der Waals surface area contributed by atoms with Gasteiger partial charge in [-0.2, -0.15) is 5.26 Å². The van der Waals surface area contributed by atoms with Crippen LogP contribution in [0.15, 0.2) is 30.3 Å². The number of carbonyl (C=O) groups excluding carboxylic acids is 2. The molecule has 0 spiro atoms. The van der Waals surface area contributed by atoms with Crippen LogP contribution in [-0.2, 0) is 14.3 Å². The van der Waals surface area contributed by atoms with E-state index in [1.165, 1.54) is 30.3 Å². The zero-order valence-electron chi connectivity index (χ0n) is 14.7. The minimum Gasteiger partial charge on any atom is -0.379 e. The summed E-state index contributed by atoms with van der Waals surface area (Å²) in [7, 11) is 0. The van der Waals surface area contributed by atoms with Crippen molar-refractivity contribution < 1.29 is 18.7 Å². The number of carbonyl (C=O) groups is 2. The molecule has 1 atom stereocenters. The van der Waals surface area contributed by atoms with Crippen molar-refractivity contribution in [2.45, 2.75) is 33.3 Å². The molecule has 0 aromatic heterocycles. The van der Waals surface area contributed by atoms with Gasteiger partial charge in [-0.15, -0.1) is 0 Å². The summed E-state index contributed by atoms with van der Waals surface area (Å²) in [5.41, 5.74) is 1.21. The van der Waals surface area contributed by atoms with Crippen LogP contribution in [0.4, 0.5) is 4.39 Å². The van der Waals surface area contributed by atoms with Gasteiger partial charge in [0.2, 0.25) is 5.91 Å². The van der Waals surface area contributed by atoms with Crippen molar-refractivity contribution in [2.75, 3.05) is 13.2 Å². The molecular weight excluding hydrogens is 323 g/mol. The number of hydrogen-bond acceptors (Lipinski definition) is 4. The zero-order valence-corrected chi connectivity index (χ0v) is 14.7. The molecule has 1 N–H and O–H groups in total. The molecule has 25 heavy (non-hydrogen) atoms. The Labute approximate surface area is 147 Å². The summed E-state index contributed by atoms with van der Waals surface area (Å²) in [6, 6.07) is 7.36. The van der Waals surface area contributed by atoms with Crippen molar-refractivity contribution in [1.29, 1.82) is 5.26 Å². The Bertz CT molecular complexity index is 660. The Hall–Kier alpha value is -2.52. The molecule has 1 aromatic carbocycles. The van der Waals surface area contributed by atoms with E-state index in [9.17, 15) is 14.0 Å². The molecule has 1 rings (SSSR count). The third-order valence-electron chi connectivity index (χ3n) is 3.41. The molecule has 6 heteroatoms. The number of rotatable bonds is 9. The lowest BCUT2D eigenvalue weighted by Gasteiger charge is -2.10. The summed E-state index contributed by atoms with van der Waals surface area (Å²) >= 11 is 0. The second-order valence-corrected chi connectivity index (χ2v) is 5.86. The highest BCUT2D eigenvalue weighted by molar-refractivity contribution is 6.11. The average Bonchev–Trinajstić information content (AvgIpc) is 2.55. The number of ketones is 1. The fourth-order valence-corrected chi connectivity index (χ4v) is 2.05. The van der Waals surface area contributed by atoms with Gasteiger partial charge in [-0.25, -0.2) is 4.39 Å². The number of amides is 1.